The number of halogens is 3. The highest BCUT2D eigenvalue weighted by Crippen LogP contribution is 2.41. The van der Waals surface area contributed by atoms with Crippen molar-refractivity contribution >= 4 is 22.8 Å². The predicted molar refractivity (Wildman–Crippen MR) is 116 cm³/mol. The number of benzene rings is 1. The number of ether oxygens (including phenoxy) is 2. The van der Waals surface area contributed by atoms with Crippen molar-refractivity contribution in [3.63, 3.8) is 0 Å². The number of hydrogen-bond acceptors (Lipinski definition) is 6. The lowest BCUT2D eigenvalue weighted by atomic mass is 9.74. The van der Waals surface area contributed by atoms with E-state index < -0.39 is 23.6 Å². The fourth-order valence-corrected chi connectivity index (χ4v) is 4.13. The highest BCUT2D eigenvalue weighted by Gasteiger charge is 2.40. The molecule has 1 aliphatic rings. The van der Waals surface area contributed by atoms with Gasteiger partial charge in [0.15, 0.2) is 0 Å². The Hall–Kier alpha value is -3.60. The van der Waals surface area contributed by atoms with Crippen LogP contribution in [0.15, 0.2) is 42.5 Å². The second-order valence-electron chi connectivity index (χ2n) is 7.97. The first-order valence-electron chi connectivity index (χ1n) is 10.7. The van der Waals surface area contributed by atoms with Crippen LogP contribution in [0.1, 0.15) is 42.4 Å². The molecule has 1 amide bonds. The molecule has 0 aliphatic heterocycles. The SMILES string of the molecule is CCOC(=O)CNC1(c2cccc(-n3c(C(N)=O)cc4ccc(OC(F)(F)F)cc43)n2)CCC1. The number of alkyl halides is 3. The zero-order chi connectivity index (χ0) is 24.5. The summed E-state index contributed by atoms with van der Waals surface area (Å²) in [7, 11) is 0. The van der Waals surface area contributed by atoms with Crippen molar-refractivity contribution in [2.75, 3.05) is 13.2 Å². The summed E-state index contributed by atoms with van der Waals surface area (Å²) in [5, 5.41) is 3.73. The molecule has 1 saturated carbocycles. The van der Waals surface area contributed by atoms with E-state index >= 15 is 0 Å². The molecule has 0 radical (unpaired) electrons. The molecular weight excluding hydrogens is 453 g/mol. The van der Waals surface area contributed by atoms with Crippen LogP contribution in [0.25, 0.3) is 16.7 Å². The molecule has 1 aromatic carbocycles. The summed E-state index contributed by atoms with van der Waals surface area (Å²) in [4.78, 5) is 28.7. The van der Waals surface area contributed by atoms with Crippen LogP contribution < -0.4 is 15.8 Å². The number of pyridine rings is 1. The van der Waals surface area contributed by atoms with E-state index in [9.17, 15) is 22.8 Å². The number of amides is 1. The van der Waals surface area contributed by atoms with E-state index in [4.69, 9.17) is 15.5 Å². The number of carbonyl (C=O) groups excluding carboxylic acids is 2. The summed E-state index contributed by atoms with van der Waals surface area (Å²) in [6, 6.07) is 10.4. The Morgan fingerprint density at radius 1 is 1.21 bits per heavy atom. The minimum Gasteiger partial charge on any atom is -0.465 e. The summed E-state index contributed by atoms with van der Waals surface area (Å²) in [6.07, 6.45) is -2.46. The van der Waals surface area contributed by atoms with Crippen molar-refractivity contribution in [1.29, 1.82) is 0 Å². The molecule has 8 nitrogen and oxygen atoms in total. The molecule has 1 fully saturated rings. The number of fused-ring (bicyclic) bond motifs is 1. The van der Waals surface area contributed by atoms with Crippen molar-refractivity contribution in [1.82, 2.24) is 14.9 Å². The van der Waals surface area contributed by atoms with Crippen LogP contribution in [-0.2, 0) is 15.1 Å². The molecule has 34 heavy (non-hydrogen) atoms. The number of primary amides is 1. The first kappa shape index (κ1) is 23.6. The summed E-state index contributed by atoms with van der Waals surface area (Å²) in [5.41, 5.74) is 5.99. The number of nitrogens with one attached hydrogen (secondary N) is 1. The van der Waals surface area contributed by atoms with Crippen LogP contribution in [0.2, 0.25) is 0 Å². The second kappa shape index (κ2) is 8.98. The van der Waals surface area contributed by atoms with Gasteiger partial charge >= 0.3 is 12.3 Å². The maximum atomic E-state index is 12.8. The van der Waals surface area contributed by atoms with E-state index in [2.05, 4.69) is 10.1 Å². The standard InChI is InChI=1S/C23H23F3N4O4/c1-2-33-20(31)13-28-22(9-4-10-22)18-5-3-6-19(29-18)30-16-12-15(34-23(24,25)26)8-7-14(16)11-17(30)21(27)32/h3,5-8,11-12,28H,2,4,9-10,13H2,1H3,(H2,27,32). The summed E-state index contributed by atoms with van der Waals surface area (Å²) < 4.78 is 48.7. The molecular formula is C23H23F3N4O4. The Labute approximate surface area is 192 Å². The van der Waals surface area contributed by atoms with Crippen molar-refractivity contribution in [3.8, 4) is 11.6 Å². The topological polar surface area (TPSA) is 108 Å². The number of rotatable bonds is 8. The lowest BCUT2D eigenvalue weighted by Gasteiger charge is -2.42. The van der Waals surface area contributed by atoms with Gasteiger partial charge in [0.05, 0.1) is 29.9 Å². The van der Waals surface area contributed by atoms with Crippen LogP contribution in [0.3, 0.4) is 0 Å². The third kappa shape index (κ3) is 4.69. The third-order valence-corrected chi connectivity index (χ3v) is 5.80. The van der Waals surface area contributed by atoms with Crippen LogP contribution in [0, 0.1) is 0 Å². The van der Waals surface area contributed by atoms with E-state index in [1.165, 1.54) is 22.8 Å². The van der Waals surface area contributed by atoms with E-state index in [0.717, 1.165) is 25.3 Å². The Balaban J connectivity index is 1.76. The molecule has 0 saturated heterocycles. The van der Waals surface area contributed by atoms with Crippen molar-refractivity contribution in [2.45, 2.75) is 38.1 Å². The van der Waals surface area contributed by atoms with E-state index in [1.807, 2.05) is 0 Å². The van der Waals surface area contributed by atoms with Gasteiger partial charge in [-0.05, 0) is 56.5 Å². The molecule has 11 heteroatoms. The summed E-state index contributed by atoms with van der Waals surface area (Å²) in [5.74, 6) is -1.28. The molecule has 0 atom stereocenters. The van der Waals surface area contributed by atoms with Crippen molar-refractivity contribution in [3.05, 3.63) is 53.9 Å². The van der Waals surface area contributed by atoms with Gasteiger partial charge in [-0.3, -0.25) is 19.5 Å². The van der Waals surface area contributed by atoms with Gasteiger partial charge in [0.25, 0.3) is 5.91 Å². The Kier molecular flexibility index (Phi) is 6.22. The van der Waals surface area contributed by atoms with Crippen molar-refractivity contribution in [2.24, 2.45) is 5.73 Å². The van der Waals surface area contributed by atoms with Crippen LogP contribution >= 0.6 is 0 Å². The summed E-state index contributed by atoms with van der Waals surface area (Å²) in [6.45, 7) is 2.01. The van der Waals surface area contributed by atoms with Crippen LogP contribution in [0.4, 0.5) is 13.2 Å². The normalized spacial score (nSPS) is 15.1. The van der Waals surface area contributed by atoms with Gasteiger partial charge < -0.3 is 15.2 Å². The lowest BCUT2D eigenvalue weighted by molar-refractivity contribution is -0.274. The fourth-order valence-electron chi connectivity index (χ4n) is 4.13. The number of hydrogen-bond donors (Lipinski definition) is 2. The highest BCUT2D eigenvalue weighted by molar-refractivity contribution is 5.99. The summed E-state index contributed by atoms with van der Waals surface area (Å²) >= 11 is 0. The van der Waals surface area contributed by atoms with Gasteiger partial charge in [-0.2, -0.15) is 0 Å². The lowest BCUT2D eigenvalue weighted by Crippen LogP contribution is -2.50. The molecule has 1 aliphatic carbocycles. The second-order valence-corrected chi connectivity index (χ2v) is 7.97. The van der Waals surface area contributed by atoms with Gasteiger partial charge in [-0.25, -0.2) is 4.98 Å². The number of carbonyl (C=O) groups is 2. The van der Waals surface area contributed by atoms with E-state index in [0.29, 0.717) is 16.9 Å². The minimum absolute atomic E-state index is 0.0108. The third-order valence-electron chi connectivity index (χ3n) is 5.80. The molecule has 3 N–H and O–H groups in total. The molecule has 0 bridgehead atoms. The molecule has 3 aromatic rings. The van der Waals surface area contributed by atoms with E-state index in [-0.39, 0.29) is 30.3 Å². The van der Waals surface area contributed by atoms with Gasteiger partial charge in [-0.1, -0.05) is 6.07 Å². The molecule has 4 rings (SSSR count). The number of nitrogens with two attached hydrogens (primary N) is 1. The molecule has 0 unspecified atom stereocenters. The monoisotopic (exact) mass is 476 g/mol. The minimum atomic E-state index is -4.86. The molecule has 2 aromatic heterocycles. The van der Waals surface area contributed by atoms with Gasteiger partial charge in [0.1, 0.15) is 17.3 Å². The largest absolute Gasteiger partial charge is 0.573 e. The van der Waals surface area contributed by atoms with Crippen molar-refractivity contribution < 1.29 is 32.2 Å². The average molecular weight is 476 g/mol. The van der Waals surface area contributed by atoms with Crippen LogP contribution in [-0.4, -0.2) is 40.9 Å². The zero-order valence-corrected chi connectivity index (χ0v) is 18.3. The van der Waals surface area contributed by atoms with Crippen LogP contribution in [0.5, 0.6) is 5.75 Å². The number of esters is 1. The number of aromatic nitrogens is 2. The predicted octanol–water partition coefficient (Wildman–Crippen LogP) is 3.55. The van der Waals surface area contributed by atoms with Gasteiger partial charge in [-0.15, -0.1) is 13.2 Å². The van der Waals surface area contributed by atoms with E-state index in [1.54, 1.807) is 25.1 Å². The number of nitrogens with zero attached hydrogens (tertiary/aromatic N) is 2. The van der Waals surface area contributed by atoms with Gasteiger partial charge in [0.2, 0.25) is 0 Å². The smallest absolute Gasteiger partial charge is 0.465 e. The maximum Gasteiger partial charge on any atom is 0.573 e. The first-order valence-corrected chi connectivity index (χ1v) is 10.7. The molecule has 180 valence electrons. The maximum absolute atomic E-state index is 12.8. The Morgan fingerprint density at radius 2 is 1.97 bits per heavy atom. The van der Waals surface area contributed by atoms with Gasteiger partial charge in [0, 0.05) is 11.5 Å². The zero-order valence-electron chi connectivity index (χ0n) is 18.3. The highest BCUT2D eigenvalue weighted by atomic mass is 19.4. The Morgan fingerprint density at radius 3 is 2.59 bits per heavy atom. The average Bonchev–Trinajstić information content (AvgIpc) is 3.11. The molecule has 0 spiro atoms. The fraction of sp³-hybridized carbons (Fsp3) is 0.348. The first-order chi connectivity index (χ1) is 16.1. The molecule has 2 heterocycles. The Bertz CT molecular complexity index is 1230. The quantitative estimate of drug-likeness (QED) is 0.482.